The van der Waals surface area contributed by atoms with Crippen molar-refractivity contribution in [3.63, 3.8) is 0 Å². The molecule has 27 heavy (non-hydrogen) atoms. The van der Waals surface area contributed by atoms with E-state index in [4.69, 9.17) is 9.47 Å². The Balaban J connectivity index is 1.36. The third-order valence-electron chi connectivity index (χ3n) is 4.27. The van der Waals surface area contributed by atoms with E-state index in [-0.39, 0.29) is 6.79 Å². The van der Waals surface area contributed by atoms with Crippen LogP contribution in [0.5, 0.6) is 11.5 Å². The molecule has 0 saturated carbocycles. The number of hydrogen-bond acceptors (Lipinski definition) is 6. The van der Waals surface area contributed by atoms with Crippen LogP contribution in [0.1, 0.15) is 17.8 Å². The number of aryl methyl sites for hydroxylation is 2. The quantitative estimate of drug-likeness (QED) is 0.611. The highest BCUT2D eigenvalue weighted by Gasteiger charge is 2.13. The zero-order valence-corrected chi connectivity index (χ0v) is 15.2. The van der Waals surface area contributed by atoms with Gasteiger partial charge in [0.15, 0.2) is 11.5 Å². The third-order valence-corrected chi connectivity index (χ3v) is 4.27. The molecule has 0 atom stereocenters. The van der Waals surface area contributed by atoms with Gasteiger partial charge >= 0.3 is 0 Å². The van der Waals surface area contributed by atoms with Crippen LogP contribution in [0.4, 0.5) is 17.3 Å². The van der Waals surface area contributed by atoms with E-state index >= 15 is 0 Å². The van der Waals surface area contributed by atoms with E-state index in [2.05, 4.69) is 44.9 Å². The van der Waals surface area contributed by atoms with Crippen molar-refractivity contribution in [2.45, 2.75) is 19.8 Å². The van der Waals surface area contributed by atoms with Gasteiger partial charge in [0.25, 0.3) is 0 Å². The second kappa shape index (κ2) is 7.95. The minimum Gasteiger partial charge on any atom is -0.454 e. The molecule has 6 heteroatoms. The lowest BCUT2D eigenvalue weighted by atomic mass is 10.1. The molecule has 1 aliphatic rings. The van der Waals surface area contributed by atoms with Gasteiger partial charge in [0.05, 0.1) is 0 Å². The van der Waals surface area contributed by atoms with E-state index in [0.29, 0.717) is 5.82 Å². The van der Waals surface area contributed by atoms with Crippen molar-refractivity contribution in [2.75, 3.05) is 24.0 Å². The minimum absolute atomic E-state index is 0.266. The van der Waals surface area contributed by atoms with E-state index in [1.807, 2.05) is 37.3 Å². The predicted octanol–water partition coefficient (Wildman–Crippen LogP) is 4.30. The van der Waals surface area contributed by atoms with Gasteiger partial charge in [0.1, 0.15) is 17.5 Å². The lowest BCUT2D eigenvalue weighted by molar-refractivity contribution is 0.174. The number of anilines is 3. The van der Waals surface area contributed by atoms with Crippen LogP contribution in [0.3, 0.4) is 0 Å². The van der Waals surface area contributed by atoms with Crippen molar-refractivity contribution in [3.05, 3.63) is 66.0 Å². The Labute approximate surface area is 158 Å². The van der Waals surface area contributed by atoms with Gasteiger partial charge in [-0.05, 0) is 37.5 Å². The average Bonchev–Trinajstić information content (AvgIpc) is 3.13. The van der Waals surface area contributed by atoms with Gasteiger partial charge in [-0.2, -0.15) is 0 Å². The maximum absolute atomic E-state index is 5.42. The summed E-state index contributed by atoms with van der Waals surface area (Å²) in [5, 5.41) is 6.69. The molecule has 138 valence electrons. The SMILES string of the molecule is Cc1nc(NCCCc2ccccc2)cc(Nc2ccc3c(c2)OCO3)n1. The summed E-state index contributed by atoms with van der Waals surface area (Å²) in [7, 11) is 0. The number of fused-ring (bicyclic) bond motifs is 1. The van der Waals surface area contributed by atoms with Crippen LogP contribution in [0.25, 0.3) is 0 Å². The number of nitrogens with zero attached hydrogens (tertiary/aromatic N) is 2. The molecule has 1 aliphatic heterocycles. The maximum atomic E-state index is 5.42. The van der Waals surface area contributed by atoms with Gasteiger partial charge in [0.2, 0.25) is 6.79 Å². The Hall–Kier alpha value is -3.28. The molecule has 2 N–H and O–H groups in total. The Morgan fingerprint density at radius 3 is 2.63 bits per heavy atom. The van der Waals surface area contributed by atoms with Crippen LogP contribution in [0, 0.1) is 6.92 Å². The van der Waals surface area contributed by atoms with Gasteiger partial charge in [0, 0.05) is 24.4 Å². The molecule has 4 rings (SSSR count). The van der Waals surface area contributed by atoms with Gasteiger partial charge in [-0.3, -0.25) is 0 Å². The van der Waals surface area contributed by atoms with Crippen LogP contribution in [-0.2, 0) is 6.42 Å². The average molecular weight is 362 g/mol. The normalized spacial score (nSPS) is 12.0. The van der Waals surface area contributed by atoms with Crippen molar-refractivity contribution in [1.29, 1.82) is 0 Å². The van der Waals surface area contributed by atoms with Crippen molar-refractivity contribution in [1.82, 2.24) is 9.97 Å². The summed E-state index contributed by atoms with van der Waals surface area (Å²) in [6.07, 6.45) is 2.08. The zero-order chi connectivity index (χ0) is 18.5. The molecule has 1 aromatic heterocycles. The maximum Gasteiger partial charge on any atom is 0.231 e. The Morgan fingerprint density at radius 1 is 0.926 bits per heavy atom. The van der Waals surface area contributed by atoms with Crippen molar-refractivity contribution in [3.8, 4) is 11.5 Å². The molecule has 0 bridgehead atoms. The highest BCUT2D eigenvalue weighted by Crippen LogP contribution is 2.35. The second-order valence-corrected chi connectivity index (χ2v) is 6.39. The van der Waals surface area contributed by atoms with Crippen LogP contribution < -0.4 is 20.1 Å². The van der Waals surface area contributed by atoms with Gasteiger partial charge in [-0.25, -0.2) is 9.97 Å². The van der Waals surface area contributed by atoms with E-state index in [1.165, 1.54) is 5.56 Å². The summed E-state index contributed by atoms with van der Waals surface area (Å²) >= 11 is 0. The molecule has 0 aliphatic carbocycles. The molecule has 0 spiro atoms. The van der Waals surface area contributed by atoms with Crippen LogP contribution in [0.2, 0.25) is 0 Å². The third kappa shape index (κ3) is 4.47. The summed E-state index contributed by atoms with van der Waals surface area (Å²) in [4.78, 5) is 8.94. The van der Waals surface area contributed by atoms with Crippen molar-refractivity contribution in [2.24, 2.45) is 0 Å². The first-order valence-corrected chi connectivity index (χ1v) is 9.06. The Kier molecular flexibility index (Phi) is 5.05. The number of aromatic nitrogens is 2. The van der Waals surface area contributed by atoms with Crippen molar-refractivity contribution < 1.29 is 9.47 Å². The monoisotopic (exact) mass is 362 g/mol. The number of rotatable bonds is 7. The molecule has 0 amide bonds. The molecular weight excluding hydrogens is 340 g/mol. The first-order valence-electron chi connectivity index (χ1n) is 9.06. The highest BCUT2D eigenvalue weighted by molar-refractivity contribution is 5.63. The first kappa shape index (κ1) is 17.1. The lowest BCUT2D eigenvalue weighted by Gasteiger charge is -2.11. The van der Waals surface area contributed by atoms with E-state index in [0.717, 1.165) is 48.2 Å². The fraction of sp³-hybridized carbons (Fsp3) is 0.238. The molecule has 0 radical (unpaired) electrons. The van der Waals surface area contributed by atoms with E-state index in [9.17, 15) is 0 Å². The number of ether oxygens (including phenoxy) is 2. The lowest BCUT2D eigenvalue weighted by Crippen LogP contribution is -2.07. The number of hydrogen-bond donors (Lipinski definition) is 2. The molecule has 2 aromatic carbocycles. The number of benzene rings is 2. The van der Waals surface area contributed by atoms with E-state index < -0.39 is 0 Å². The smallest absolute Gasteiger partial charge is 0.231 e. The fourth-order valence-electron chi connectivity index (χ4n) is 3.00. The number of nitrogens with one attached hydrogen (secondary N) is 2. The molecule has 2 heterocycles. The van der Waals surface area contributed by atoms with Crippen molar-refractivity contribution >= 4 is 17.3 Å². The molecule has 0 unspecified atom stereocenters. The zero-order valence-electron chi connectivity index (χ0n) is 15.2. The van der Waals surface area contributed by atoms with Gasteiger partial charge < -0.3 is 20.1 Å². The van der Waals surface area contributed by atoms with Gasteiger partial charge in [-0.15, -0.1) is 0 Å². The largest absolute Gasteiger partial charge is 0.454 e. The minimum atomic E-state index is 0.266. The molecular formula is C21H22N4O2. The summed E-state index contributed by atoms with van der Waals surface area (Å²) in [6, 6.07) is 18.2. The Bertz CT molecular complexity index is 915. The standard InChI is InChI=1S/C21H22N4O2/c1-15-23-20(22-11-5-8-16-6-3-2-4-7-16)13-21(24-15)25-17-9-10-18-19(12-17)27-14-26-18/h2-4,6-7,9-10,12-13H,5,8,11,14H2,1H3,(H2,22,23,24,25). The second-order valence-electron chi connectivity index (χ2n) is 6.39. The predicted molar refractivity (Wildman–Crippen MR) is 106 cm³/mol. The fourth-order valence-corrected chi connectivity index (χ4v) is 3.00. The van der Waals surface area contributed by atoms with Gasteiger partial charge in [-0.1, -0.05) is 30.3 Å². The van der Waals surface area contributed by atoms with Crippen LogP contribution in [-0.4, -0.2) is 23.3 Å². The summed E-state index contributed by atoms with van der Waals surface area (Å²) in [5.74, 6) is 3.78. The summed E-state index contributed by atoms with van der Waals surface area (Å²) in [5.41, 5.74) is 2.25. The highest BCUT2D eigenvalue weighted by atomic mass is 16.7. The Morgan fingerprint density at radius 2 is 1.74 bits per heavy atom. The molecule has 0 fully saturated rings. The molecule has 3 aromatic rings. The molecule has 0 saturated heterocycles. The molecule has 6 nitrogen and oxygen atoms in total. The topological polar surface area (TPSA) is 68.3 Å². The van der Waals surface area contributed by atoms with Crippen LogP contribution >= 0.6 is 0 Å². The summed E-state index contributed by atoms with van der Waals surface area (Å²) in [6.45, 7) is 3.01. The van der Waals surface area contributed by atoms with Crippen LogP contribution in [0.15, 0.2) is 54.6 Å². The van der Waals surface area contributed by atoms with E-state index in [1.54, 1.807) is 0 Å². The first-order chi connectivity index (χ1) is 13.3. The summed E-state index contributed by atoms with van der Waals surface area (Å²) < 4.78 is 10.8.